The quantitative estimate of drug-likeness (QED) is 0.813. The summed E-state index contributed by atoms with van der Waals surface area (Å²) >= 11 is 7.27. The van der Waals surface area contributed by atoms with Gasteiger partial charge in [-0.15, -0.1) is 5.10 Å². The summed E-state index contributed by atoms with van der Waals surface area (Å²) < 4.78 is 9.34. The average molecular weight is 324 g/mol. The van der Waals surface area contributed by atoms with Crippen LogP contribution in [0.2, 0.25) is 4.34 Å². The summed E-state index contributed by atoms with van der Waals surface area (Å²) in [6.07, 6.45) is 1.86. The van der Waals surface area contributed by atoms with Crippen LogP contribution in [0.25, 0.3) is 0 Å². The van der Waals surface area contributed by atoms with Gasteiger partial charge in [0.1, 0.15) is 10.0 Å². The molecule has 3 rings (SSSR count). The van der Waals surface area contributed by atoms with Crippen LogP contribution in [0, 0.1) is 0 Å². The maximum atomic E-state index is 11.9. The highest BCUT2D eigenvalue weighted by Crippen LogP contribution is 2.32. The van der Waals surface area contributed by atoms with Gasteiger partial charge in [-0.05, 0) is 30.5 Å². The molecule has 0 aliphatic carbocycles. The van der Waals surface area contributed by atoms with Crippen LogP contribution in [-0.2, 0) is 17.7 Å². The third-order valence-corrected chi connectivity index (χ3v) is 4.59. The number of carbonyl (C=O) groups is 1. The van der Waals surface area contributed by atoms with Crippen LogP contribution in [-0.4, -0.2) is 29.2 Å². The number of hydrogen-bond acceptors (Lipinski definition) is 6. The van der Waals surface area contributed by atoms with Gasteiger partial charge in [-0.1, -0.05) is 22.2 Å². The lowest BCUT2D eigenvalue weighted by atomic mass is 9.96. The van der Waals surface area contributed by atoms with E-state index in [9.17, 15) is 4.79 Å². The van der Waals surface area contributed by atoms with Crippen molar-refractivity contribution >= 4 is 34.8 Å². The molecule has 2 heterocycles. The minimum atomic E-state index is -0.290. The first-order valence-electron chi connectivity index (χ1n) is 6.62. The number of rotatable bonds is 3. The Morgan fingerprint density at radius 1 is 1.52 bits per heavy atom. The van der Waals surface area contributed by atoms with Crippen molar-refractivity contribution < 1.29 is 9.53 Å². The van der Waals surface area contributed by atoms with Gasteiger partial charge in [0.15, 0.2) is 0 Å². The number of anilines is 1. The molecule has 0 bridgehead atoms. The number of ether oxygens (including phenoxy) is 1. The largest absolute Gasteiger partial charge is 0.465 e. The molecule has 0 N–H and O–H groups in total. The highest BCUT2D eigenvalue weighted by atomic mass is 35.5. The molecule has 1 aromatic carbocycles. The highest BCUT2D eigenvalue weighted by Gasteiger charge is 2.23. The Labute approximate surface area is 131 Å². The topological polar surface area (TPSA) is 55.3 Å². The normalized spacial score (nSPS) is 13.9. The van der Waals surface area contributed by atoms with Gasteiger partial charge in [-0.3, -0.25) is 0 Å². The first-order chi connectivity index (χ1) is 10.2. The van der Waals surface area contributed by atoms with Gasteiger partial charge >= 0.3 is 5.97 Å². The fourth-order valence-corrected chi connectivity index (χ4v) is 3.25. The van der Waals surface area contributed by atoms with Gasteiger partial charge in [0, 0.05) is 23.8 Å². The number of aromatic nitrogens is 2. The Hall–Kier alpha value is -1.66. The van der Waals surface area contributed by atoms with Gasteiger partial charge < -0.3 is 9.64 Å². The Balaban J connectivity index is 1.95. The Bertz CT molecular complexity index is 674. The van der Waals surface area contributed by atoms with E-state index in [0.29, 0.717) is 16.4 Å². The molecule has 0 atom stereocenters. The highest BCUT2D eigenvalue weighted by molar-refractivity contribution is 7.10. The first-order valence-corrected chi connectivity index (χ1v) is 7.77. The van der Waals surface area contributed by atoms with E-state index in [4.69, 9.17) is 16.3 Å². The molecule has 0 saturated heterocycles. The summed E-state index contributed by atoms with van der Waals surface area (Å²) in [5, 5.41) is 4.06. The van der Waals surface area contributed by atoms with Crippen molar-refractivity contribution in [2.24, 2.45) is 0 Å². The van der Waals surface area contributed by atoms with Crippen molar-refractivity contribution in [1.29, 1.82) is 0 Å². The fraction of sp³-hybridized carbons (Fsp3) is 0.357. The number of benzene rings is 1. The Morgan fingerprint density at radius 3 is 3.10 bits per heavy atom. The van der Waals surface area contributed by atoms with Crippen LogP contribution >= 0.6 is 23.1 Å². The average Bonchev–Trinajstić information content (AvgIpc) is 2.91. The zero-order chi connectivity index (χ0) is 14.8. The summed E-state index contributed by atoms with van der Waals surface area (Å²) in [4.78, 5) is 14.1. The molecule has 1 aliphatic heterocycles. The van der Waals surface area contributed by atoms with E-state index >= 15 is 0 Å². The van der Waals surface area contributed by atoms with Gasteiger partial charge in [0.2, 0.25) is 0 Å². The van der Waals surface area contributed by atoms with Crippen LogP contribution in [0.15, 0.2) is 18.2 Å². The molecular weight excluding hydrogens is 310 g/mol. The molecule has 1 aromatic heterocycles. The second kappa shape index (κ2) is 5.99. The van der Waals surface area contributed by atoms with Crippen molar-refractivity contribution in [2.75, 3.05) is 18.6 Å². The number of carbonyl (C=O) groups excluding carboxylic acids is 1. The summed E-state index contributed by atoms with van der Waals surface area (Å²) in [5.74, 6) is -0.290. The molecule has 0 radical (unpaired) electrons. The number of hydrogen-bond donors (Lipinski definition) is 0. The van der Waals surface area contributed by atoms with Crippen LogP contribution in [0.3, 0.4) is 0 Å². The first kappa shape index (κ1) is 14.3. The standard InChI is InChI=1S/C14H14ClN3O2S/c1-20-14(19)10-4-2-6-12-9(10)5-3-7-18(12)8-11-13(15)21-17-16-11/h2,4,6H,3,5,7-8H2,1H3. The molecule has 0 saturated carbocycles. The lowest BCUT2D eigenvalue weighted by Gasteiger charge is -2.31. The van der Waals surface area contributed by atoms with Gasteiger partial charge in [0.25, 0.3) is 0 Å². The Morgan fingerprint density at radius 2 is 2.38 bits per heavy atom. The van der Waals surface area contributed by atoms with E-state index in [0.717, 1.165) is 36.3 Å². The third kappa shape index (κ3) is 2.73. The maximum absolute atomic E-state index is 11.9. The van der Waals surface area contributed by atoms with Crippen molar-refractivity contribution in [1.82, 2.24) is 9.59 Å². The van der Waals surface area contributed by atoms with Crippen LogP contribution in [0.5, 0.6) is 0 Å². The minimum absolute atomic E-state index is 0.290. The predicted molar refractivity (Wildman–Crippen MR) is 82.1 cm³/mol. The number of fused-ring (bicyclic) bond motifs is 1. The van der Waals surface area contributed by atoms with E-state index in [-0.39, 0.29) is 5.97 Å². The van der Waals surface area contributed by atoms with Gasteiger partial charge in [-0.2, -0.15) is 0 Å². The number of methoxy groups -OCH3 is 1. The molecule has 0 spiro atoms. The monoisotopic (exact) mass is 323 g/mol. The molecule has 0 amide bonds. The summed E-state index contributed by atoms with van der Waals surface area (Å²) in [6.45, 7) is 1.51. The maximum Gasteiger partial charge on any atom is 0.338 e. The number of nitrogens with zero attached hydrogens (tertiary/aromatic N) is 3. The van der Waals surface area contributed by atoms with E-state index in [1.54, 1.807) is 0 Å². The minimum Gasteiger partial charge on any atom is -0.465 e. The lowest BCUT2D eigenvalue weighted by Crippen LogP contribution is -2.30. The molecule has 21 heavy (non-hydrogen) atoms. The van der Waals surface area contributed by atoms with Crippen LogP contribution < -0.4 is 4.90 Å². The molecule has 0 unspecified atom stereocenters. The zero-order valence-corrected chi connectivity index (χ0v) is 13.1. The summed E-state index contributed by atoms with van der Waals surface area (Å²) in [6, 6.07) is 5.71. The third-order valence-electron chi connectivity index (χ3n) is 3.60. The molecular formula is C14H14ClN3O2S. The Kier molecular flexibility index (Phi) is 4.07. The SMILES string of the molecule is COC(=O)c1cccc2c1CCCN2Cc1nnsc1Cl. The second-order valence-corrected chi connectivity index (χ2v) is 6.17. The van der Waals surface area contributed by atoms with E-state index in [1.165, 1.54) is 18.6 Å². The predicted octanol–water partition coefficient (Wildman–Crippen LogP) is 2.93. The van der Waals surface area contributed by atoms with Crippen molar-refractivity contribution in [3.05, 3.63) is 39.4 Å². The lowest BCUT2D eigenvalue weighted by molar-refractivity contribution is 0.0599. The molecule has 0 fully saturated rings. The smallest absolute Gasteiger partial charge is 0.338 e. The molecule has 5 nitrogen and oxygen atoms in total. The van der Waals surface area contributed by atoms with Crippen LogP contribution in [0.1, 0.15) is 28.0 Å². The van der Waals surface area contributed by atoms with Crippen molar-refractivity contribution in [2.45, 2.75) is 19.4 Å². The number of halogens is 1. The van der Waals surface area contributed by atoms with Gasteiger partial charge in [-0.25, -0.2) is 4.79 Å². The number of esters is 1. The van der Waals surface area contributed by atoms with E-state index in [2.05, 4.69) is 14.5 Å². The summed E-state index contributed by atoms with van der Waals surface area (Å²) in [5.41, 5.74) is 3.50. The van der Waals surface area contributed by atoms with Gasteiger partial charge in [0.05, 0.1) is 19.2 Å². The van der Waals surface area contributed by atoms with E-state index < -0.39 is 0 Å². The fourth-order valence-electron chi connectivity index (χ4n) is 2.64. The molecule has 110 valence electrons. The molecule has 7 heteroatoms. The zero-order valence-electron chi connectivity index (χ0n) is 11.5. The van der Waals surface area contributed by atoms with Crippen LogP contribution in [0.4, 0.5) is 5.69 Å². The summed E-state index contributed by atoms with van der Waals surface area (Å²) in [7, 11) is 1.41. The van der Waals surface area contributed by atoms with Crippen molar-refractivity contribution in [3.8, 4) is 0 Å². The van der Waals surface area contributed by atoms with Crippen molar-refractivity contribution in [3.63, 3.8) is 0 Å². The second-order valence-electron chi connectivity index (χ2n) is 4.81. The van der Waals surface area contributed by atoms with E-state index in [1.807, 2.05) is 18.2 Å². The molecule has 1 aliphatic rings. The molecule has 2 aromatic rings.